The summed E-state index contributed by atoms with van der Waals surface area (Å²) >= 11 is 0. The summed E-state index contributed by atoms with van der Waals surface area (Å²) in [5.74, 6) is 1.88. The van der Waals surface area contributed by atoms with Crippen LogP contribution in [0.3, 0.4) is 0 Å². The monoisotopic (exact) mass is 279 g/mol. The Labute approximate surface area is 118 Å². The minimum Gasteiger partial charge on any atom is -0.379 e. The van der Waals surface area contributed by atoms with Crippen LogP contribution in [-0.4, -0.2) is 51.9 Å². The summed E-state index contributed by atoms with van der Waals surface area (Å²) in [6.45, 7) is 4.11. The number of hydrogen-bond acceptors (Lipinski definition) is 5. The molecule has 110 valence electrons. The highest BCUT2D eigenvalue weighted by Gasteiger charge is 2.45. The number of hydrogen-bond donors (Lipinski definition) is 1. The minimum absolute atomic E-state index is 0.0119. The van der Waals surface area contributed by atoms with Crippen molar-refractivity contribution in [1.29, 1.82) is 0 Å². The number of ether oxygens (including phenoxy) is 1. The quantitative estimate of drug-likeness (QED) is 0.809. The number of nitrogens with two attached hydrogens (primary N) is 1. The van der Waals surface area contributed by atoms with Gasteiger partial charge >= 0.3 is 0 Å². The fourth-order valence-corrected chi connectivity index (χ4v) is 2.96. The Hall–Kier alpha value is -1.47. The van der Waals surface area contributed by atoms with Gasteiger partial charge in [0.15, 0.2) is 5.82 Å². The summed E-state index contributed by atoms with van der Waals surface area (Å²) in [6.07, 6.45) is 2.08. The lowest BCUT2D eigenvalue weighted by Crippen LogP contribution is -2.50. The van der Waals surface area contributed by atoms with Crippen molar-refractivity contribution >= 4 is 5.91 Å². The summed E-state index contributed by atoms with van der Waals surface area (Å²) in [6, 6.07) is -0.249. The molecule has 7 heteroatoms. The number of fused-ring (bicyclic) bond motifs is 1. The molecule has 1 fully saturated rings. The second-order valence-corrected chi connectivity index (χ2v) is 5.99. The molecule has 20 heavy (non-hydrogen) atoms. The number of rotatable bonds is 3. The first-order valence-electron chi connectivity index (χ1n) is 7.02. The van der Waals surface area contributed by atoms with E-state index in [1.54, 1.807) is 11.9 Å². The van der Waals surface area contributed by atoms with Gasteiger partial charge in [-0.05, 0) is 13.3 Å². The molecule has 2 N–H and O–H groups in total. The second kappa shape index (κ2) is 4.82. The van der Waals surface area contributed by atoms with E-state index in [0.717, 1.165) is 31.0 Å². The highest BCUT2D eigenvalue weighted by molar-refractivity contribution is 5.83. The predicted molar refractivity (Wildman–Crippen MR) is 71.7 cm³/mol. The molecular formula is C13H21N5O2. The van der Waals surface area contributed by atoms with E-state index < -0.39 is 5.41 Å². The maximum Gasteiger partial charge on any atom is 0.232 e. The van der Waals surface area contributed by atoms with Crippen molar-refractivity contribution in [1.82, 2.24) is 19.7 Å². The molecule has 1 aromatic heterocycles. The molecule has 3 rings (SSSR count). The van der Waals surface area contributed by atoms with Crippen molar-refractivity contribution in [3.05, 3.63) is 11.6 Å². The van der Waals surface area contributed by atoms with Crippen LogP contribution in [0.15, 0.2) is 0 Å². The third kappa shape index (κ3) is 2.01. The van der Waals surface area contributed by atoms with Crippen LogP contribution >= 0.6 is 0 Å². The average molecular weight is 279 g/mol. The van der Waals surface area contributed by atoms with Gasteiger partial charge in [-0.15, -0.1) is 10.2 Å². The minimum atomic E-state index is -0.636. The summed E-state index contributed by atoms with van der Waals surface area (Å²) in [4.78, 5) is 14.3. The lowest BCUT2D eigenvalue weighted by Gasteiger charge is -2.30. The Morgan fingerprint density at radius 3 is 3.10 bits per heavy atom. The molecule has 3 heterocycles. The molecule has 0 radical (unpaired) electrons. The first kappa shape index (κ1) is 13.5. The van der Waals surface area contributed by atoms with Crippen molar-refractivity contribution in [2.45, 2.75) is 38.9 Å². The van der Waals surface area contributed by atoms with E-state index in [2.05, 4.69) is 14.8 Å². The zero-order valence-electron chi connectivity index (χ0n) is 12.0. The normalized spacial score (nSPS) is 28.6. The Kier molecular flexibility index (Phi) is 3.25. The van der Waals surface area contributed by atoms with E-state index in [1.165, 1.54) is 0 Å². The largest absolute Gasteiger partial charge is 0.379 e. The highest BCUT2D eigenvalue weighted by Crippen LogP contribution is 2.29. The van der Waals surface area contributed by atoms with E-state index >= 15 is 0 Å². The molecule has 1 saturated heterocycles. The Morgan fingerprint density at radius 1 is 1.60 bits per heavy atom. The fraction of sp³-hybridized carbons (Fsp3) is 0.769. The second-order valence-electron chi connectivity index (χ2n) is 5.99. The number of aryl methyl sites for hydroxylation is 1. The van der Waals surface area contributed by atoms with Gasteiger partial charge in [0.1, 0.15) is 5.82 Å². The van der Waals surface area contributed by atoms with Crippen LogP contribution in [0.25, 0.3) is 0 Å². The zero-order valence-corrected chi connectivity index (χ0v) is 12.0. The highest BCUT2D eigenvalue weighted by atomic mass is 16.5. The molecule has 2 aliphatic rings. The third-order valence-electron chi connectivity index (χ3n) is 4.42. The van der Waals surface area contributed by atoms with Crippen LogP contribution in [0.5, 0.6) is 0 Å². The Balaban J connectivity index is 1.73. The van der Waals surface area contributed by atoms with Gasteiger partial charge in [-0.2, -0.15) is 0 Å². The van der Waals surface area contributed by atoms with Gasteiger partial charge in [0, 0.05) is 26.1 Å². The molecule has 0 bridgehead atoms. The summed E-state index contributed by atoms with van der Waals surface area (Å²) in [5.41, 5.74) is 5.37. The first-order valence-corrected chi connectivity index (χ1v) is 7.02. The number of amides is 1. The van der Waals surface area contributed by atoms with Crippen LogP contribution < -0.4 is 5.73 Å². The van der Waals surface area contributed by atoms with Gasteiger partial charge in [0.2, 0.25) is 5.91 Å². The van der Waals surface area contributed by atoms with Gasteiger partial charge in [0.25, 0.3) is 0 Å². The average Bonchev–Trinajstić information content (AvgIpc) is 3.09. The van der Waals surface area contributed by atoms with E-state index in [4.69, 9.17) is 10.5 Å². The van der Waals surface area contributed by atoms with Crippen LogP contribution in [-0.2, 0) is 29.0 Å². The van der Waals surface area contributed by atoms with E-state index in [9.17, 15) is 4.79 Å². The van der Waals surface area contributed by atoms with Crippen molar-refractivity contribution in [2.75, 3.05) is 20.3 Å². The molecule has 0 aliphatic carbocycles. The fourth-order valence-electron chi connectivity index (χ4n) is 2.96. The van der Waals surface area contributed by atoms with Gasteiger partial charge in [-0.3, -0.25) is 4.79 Å². The molecule has 2 aliphatic heterocycles. The van der Waals surface area contributed by atoms with E-state index in [-0.39, 0.29) is 11.9 Å². The Bertz CT molecular complexity index is 529. The van der Waals surface area contributed by atoms with Crippen molar-refractivity contribution in [3.8, 4) is 0 Å². The van der Waals surface area contributed by atoms with Gasteiger partial charge in [0.05, 0.1) is 25.2 Å². The number of aromatic nitrogens is 3. The molecule has 2 unspecified atom stereocenters. The van der Waals surface area contributed by atoms with Gasteiger partial charge in [-0.1, -0.05) is 0 Å². The number of nitrogens with zero attached hydrogens (tertiary/aromatic N) is 4. The molecule has 0 saturated carbocycles. The van der Waals surface area contributed by atoms with E-state index in [1.807, 2.05) is 6.92 Å². The van der Waals surface area contributed by atoms with Crippen LogP contribution in [0.2, 0.25) is 0 Å². The molecule has 0 spiro atoms. The molecule has 1 aromatic rings. The first-order chi connectivity index (χ1) is 9.52. The Morgan fingerprint density at radius 2 is 2.40 bits per heavy atom. The third-order valence-corrected chi connectivity index (χ3v) is 4.42. The van der Waals surface area contributed by atoms with Crippen LogP contribution in [0, 0.1) is 5.41 Å². The van der Waals surface area contributed by atoms with Gasteiger partial charge in [-0.25, -0.2) is 0 Å². The molecule has 2 atom stereocenters. The molecule has 7 nitrogen and oxygen atoms in total. The summed E-state index contributed by atoms with van der Waals surface area (Å²) in [7, 11) is 1.79. The SMILES string of the molecule is CN(Cc1nnc2n1CCC2)C(=O)C1(C)COCC1N. The smallest absolute Gasteiger partial charge is 0.232 e. The van der Waals surface area contributed by atoms with Gasteiger partial charge < -0.3 is 19.9 Å². The lowest BCUT2D eigenvalue weighted by atomic mass is 9.84. The molecule has 0 aromatic carbocycles. The van der Waals surface area contributed by atoms with E-state index in [0.29, 0.717) is 19.8 Å². The number of carbonyl (C=O) groups excluding carboxylic acids is 1. The van der Waals surface area contributed by atoms with Crippen molar-refractivity contribution in [3.63, 3.8) is 0 Å². The topological polar surface area (TPSA) is 86.3 Å². The molecular weight excluding hydrogens is 258 g/mol. The van der Waals surface area contributed by atoms with Crippen molar-refractivity contribution in [2.24, 2.45) is 11.1 Å². The number of carbonyl (C=O) groups is 1. The maximum absolute atomic E-state index is 12.6. The zero-order chi connectivity index (χ0) is 14.3. The predicted octanol–water partition coefficient (Wildman–Crippen LogP) is -0.453. The van der Waals surface area contributed by atoms with Crippen LogP contribution in [0.4, 0.5) is 0 Å². The summed E-state index contributed by atoms with van der Waals surface area (Å²) < 4.78 is 7.46. The summed E-state index contributed by atoms with van der Waals surface area (Å²) in [5, 5.41) is 8.35. The maximum atomic E-state index is 12.6. The lowest BCUT2D eigenvalue weighted by molar-refractivity contribution is -0.141. The standard InChI is InChI=1S/C13H21N5O2/c1-13(8-20-7-9(13)14)12(19)17(2)6-11-16-15-10-4-3-5-18(10)11/h9H,3-8,14H2,1-2H3. The molecule has 1 amide bonds. The van der Waals surface area contributed by atoms with Crippen molar-refractivity contribution < 1.29 is 9.53 Å². The van der Waals surface area contributed by atoms with Crippen LogP contribution in [0.1, 0.15) is 25.0 Å².